The van der Waals surface area contributed by atoms with Gasteiger partial charge in [0.25, 0.3) is 0 Å². The Morgan fingerprint density at radius 3 is 2.41 bits per heavy atom. The van der Waals surface area contributed by atoms with Crippen LogP contribution < -0.4 is 0 Å². The molecule has 0 aliphatic heterocycles. The van der Waals surface area contributed by atoms with E-state index in [1.54, 1.807) is 22.8 Å². The maximum absolute atomic E-state index is 11.0. The number of hydrogen-bond acceptors (Lipinski definition) is 1. The summed E-state index contributed by atoms with van der Waals surface area (Å²) in [6, 6.07) is 10.8. The summed E-state index contributed by atoms with van der Waals surface area (Å²) in [5.41, 5.74) is 2.16. The van der Waals surface area contributed by atoms with Crippen LogP contribution >= 0.6 is 11.6 Å². The molecule has 0 atom stereocenters. The normalized spacial score (nSPS) is 10.5. The van der Waals surface area contributed by atoms with Crippen molar-refractivity contribution in [3.8, 4) is 11.3 Å². The predicted octanol–water partition coefficient (Wildman–Crippen LogP) is 3.53. The van der Waals surface area contributed by atoms with Crippen molar-refractivity contribution in [3.63, 3.8) is 0 Å². The molecule has 3 nitrogen and oxygen atoms in total. The number of aromatic nitrogens is 1. The lowest BCUT2D eigenvalue weighted by Crippen LogP contribution is -2.08. The second-order valence-electron chi connectivity index (χ2n) is 3.66. The van der Waals surface area contributed by atoms with Crippen LogP contribution in [0.4, 0.5) is 0 Å². The summed E-state index contributed by atoms with van der Waals surface area (Å²) in [4.78, 5) is 11.0. The van der Waals surface area contributed by atoms with Gasteiger partial charge >= 0.3 is 5.97 Å². The predicted molar refractivity (Wildman–Crippen MR) is 67.5 cm³/mol. The second-order valence-corrected chi connectivity index (χ2v) is 4.10. The summed E-state index contributed by atoms with van der Waals surface area (Å²) in [5, 5.41) is 9.73. The molecule has 1 aromatic carbocycles. The summed E-state index contributed by atoms with van der Waals surface area (Å²) in [6.45, 7) is 2.54. The molecule has 2 rings (SSSR count). The van der Waals surface area contributed by atoms with Crippen molar-refractivity contribution in [3.05, 3.63) is 47.1 Å². The van der Waals surface area contributed by atoms with E-state index in [-0.39, 0.29) is 0 Å². The maximum atomic E-state index is 11.0. The van der Waals surface area contributed by atoms with Gasteiger partial charge in [-0.05, 0) is 36.8 Å². The van der Waals surface area contributed by atoms with E-state index in [2.05, 4.69) is 0 Å². The van der Waals surface area contributed by atoms with Gasteiger partial charge in [0, 0.05) is 17.3 Å². The number of carboxylic acids is 1. The molecule has 0 saturated heterocycles. The average molecular weight is 250 g/mol. The summed E-state index contributed by atoms with van der Waals surface area (Å²) < 4.78 is 1.77. The maximum Gasteiger partial charge on any atom is 0.352 e. The van der Waals surface area contributed by atoms with Crippen LogP contribution in [0.25, 0.3) is 11.3 Å². The van der Waals surface area contributed by atoms with Gasteiger partial charge in [0.2, 0.25) is 0 Å². The standard InChI is InChI=1S/C13H12ClNO2/c1-2-15-11(7-8-12(15)13(16)17)9-3-5-10(14)6-4-9/h3-8H,2H2,1H3,(H,16,17). The highest BCUT2D eigenvalue weighted by atomic mass is 35.5. The van der Waals surface area contributed by atoms with Crippen LogP contribution in [0.5, 0.6) is 0 Å². The third kappa shape index (κ3) is 2.19. The molecule has 4 heteroatoms. The highest BCUT2D eigenvalue weighted by Gasteiger charge is 2.13. The van der Waals surface area contributed by atoms with E-state index >= 15 is 0 Å². The molecule has 1 N–H and O–H groups in total. The number of halogens is 1. The Bertz CT molecular complexity index is 543. The van der Waals surface area contributed by atoms with Gasteiger partial charge in [-0.25, -0.2) is 4.79 Å². The summed E-state index contributed by atoms with van der Waals surface area (Å²) in [7, 11) is 0. The Morgan fingerprint density at radius 2 is 1.88 bits per heavy atom. The zero-order chi connectivity index (χ0) is 12.4. The summed E-state index contributed by atoms with van der Waals surface area (Å²) in [5.74, 6) is -0.910. The van der Waals surface area contributed by atoms with Crippen LogP contribution in [0.15, 0.2) is 36.4 Å². The topological polar surface area (TPSA) is 42.2 Å². The van der Waals surface area contributed by atoms with Crippen LogP contribution in [0.2, 0.25) is 5.02 Å². The Hall–Kier alpha value is -1.74. The third-order valence-corrected chi connectivity index (χ3v) is 2.91. The zero-order valence-electron chi connectivity index (χ0n) is 9.35. The average Bonchev–Trinajstić information content (AvgIpc) is 2.73. The second kappa shape index (κ2) is 4.63. The molecule has 0 unspecified atom stereocenters. The van der Waals surface area contributed by atoms with Gasteiger partial charge < -0.3 is 9.67 Å². The van der Waals surface area contributed by atoms with E-state index in [4.69, 9.17) is 16.7 Å². The van der Waals surface area contributed by atoms with Gasteiger partial charge in [-0.1, -0.05) is 23.7 Å². The van der Waals surface area contributed by atoms with E-state index in [0.717, 1.165) is 11.3 Å². The molecule has 0 spiro atoms. The summed E-state index contributed by atoms with van der Waals surface area (Å²) >= 11 is 5.83. The van der Waals surface area contributed by atoms with Gasteiger partial charge in [0.05, 0.1) is 0 Å². The van der Waals surface area contributed by atoms with Gasteiger partial charge in [-0.2, -0.15) is 0 Å². The Labute approximate surface area is 104 Å². The molecule has 17 heavy (non-hydrogen) atoms. The Morgan fingerprint density at radius 1 is 1.24 bits per heavy atom. The number of benzene rings is 1. The smallest absolute Gasteiger partial charge is 0.352 e. The lowest BCUT2D eigenvalue weighted by molar-refractivity contribution is 0.0685. The van der Waals surface area contributed by atoms with Gasteiger partial charge in [0.15, 0.2) is 0 Å². The first-order chi connectivity index (χ1) is 8.13. The first-order valence-corrected chi connectivity index (χ1v) is 5.70. The molecule has 0 saturated carbocycles. The highest BCUT2D eigenvalue weighted by molar-refractivity contribution is 6.30. The minimum atomic E-state index is -0.910. The van der Waals surface area contributed by atoms with E-state index in [9.17, 15) is 4.79 Å². The molecular weight excluding hydrogens is 238 g/mol. The van der Waals surface area contributed by atoms with Crippen LogP contribution in [0.3, 0.4) is 0 Å². The fraction of sp³-hybridized carbons (Fsp3) is 0.154. The molecule has 1 heterocycles. The van der Waals surface area contributed by atoms with Crippen molar-refractivity contribution >= 4 is 17.6 Å². The highest BCUT2D eigenvalue weighted by Crippen LogP contribution is 2.24. The zero-order valence-corrected chi connectivity index (χ0v) is 10.1. The van der Waals surface area contributed by atoms with E-state index in [1.165, 1.54) is 0 Å². The molecule has 88 valence electrons. The number of rotatable bonds is 3. The minimum absolute atomic E-state index is 0.303. The van der Waals surface area contributed by atoms with E-state index < -0.39 is 5.97 Å². The summed E-state index contributed by atoms with van der Waals surface area (Å²) in [6.07, 6.45) is 0. The lowest BCUT2D eigenvalue weighted by atomic mass is 10.1. The first-order valence-electron chi connectivity index (χ1n) is 5.32. The van der Waals surface area contributed by atoms with Crippen molar-refractivity contribution in [2.75, 3.05) is 0 Å². The minimum Gasteiger partial charge on any atom is -0.477 e. The van der Waals surface area contributed by atoms with Crippen molar-refractivity contribution in [2.24, 2.45) is 0 Å². The molecule has 0 aliphatic rings. The number of hydrogen-bond donors (Lipinski definition) is 1. The van der Waals surface area contributed by atoms with Gasteiger partial charge in [-0.3, -0.25) is 0 Å². The first kappa shape index (κ1) is 11.7. The molecule has 0 amide bonds. The van der Waals surface area contributed by atoms with E-state index in [0.29, 0.717) is 17.3 Å². The molecule has 1 aromatic heterocycles. The van der Waals surface area contributed by atoms with Crippen LogP contribution in [0, 0.1) is 0 Å². The molecule has 2 aromatic rings. The molecular formula is C13H12ClNO2. The molecule has 0 fully saturated rings. The van der Waals surface area contributed by atoms with Gasteiger partial charge in [0.1, 0.15) is 5.69 Å². The van der Waals surface area contributed by atoms with Crippen molar-refractivity contribution in [1.82, 2.24) is 4.57 Å². The Balaban J connectivity index is 2.52. The Kier molecular flexibility index (Phi) is 3.20. The molecule has 0 aliphatic carbocycles. The van der Waals surface area contributed by atoms with E-state index in [1.807, 2.05) is 25.1 Å². The largest absolute Gasteiger partial charge is 0.477 e. The monoisotopic (exact) mass is 249 g/mol. The fourth-order valence-corrected chi connectivity index (χ4v) is 1.99. The number of carboxylic acid groups (broad SMARTS) is 1. The fourth-order valence-electron chi connectivity index (χ4n) is 1.87. The quantitative estimate of drug-likeness (QED) is 0.904. The van der Waals surface area contributed by atoms with Crippen molar-refractivity contribution < 1.29 is 9.90 Å². The van der Waals surface area contributed by atoms with Crippen molar-refractivity contribution in [2.45, 2.75) is 13.5 Å². The lowest BCUT2D eigenvalue weighted by Gasteiger charge is -2.09. The van der Waals surface area contributed by atoms with Crippen LogP contribution in [-0.4, -0.2) is 15.6 Å². The van der Waals surface area contributed by atoms with Gasteiger partial charge in [-0.15, -0.1) is 0 Å². The van der Waals surface area contributed by atoms with Crippen molar-refractivity contribution in [1.29, 1.82) is 0 Å². The molecule has 0 bridgehead atoms. The van der Waals surface area contributed by atoms with Crippen LogP contribution in [-0.2, 0) is 6.54 Å². The number of carbonyl (C=O) groups is 1. The SMILES string of the molecule is CCn1c(C(=O)O)ccc1-c1ccc(Cl)cc1. The van der Waals surface area contributed by atoms with Crippen LogP contribution in [0.1, 0.15) is 17.4 Å². The number of nitrogens with zero attached hydrogens (tertiary/aromatic N) is 1. The number of aromatic carboxylic acids is 1. The molecule has 0 radical (unpaired) electrons. The third-order valence-electron chi connectivity index (χ3n) is 2.66.